The molecule has 0 bridgehead atoms. The van der Waals surface area contributed by atoms with Gasteiger partial charge < -0.3 is 39.6 Å². The number of fused-ring (bicyclic) bond motifs is 2. The number of urea groups is 1. The number of carbonyl (C=O) groups is 3. The molecule has 2 aliphatic heterocycles. The topological polar surface area (TPSA) is 149 Å². The zero-order valence-electron chi connectivity index (χ0n) is 33.8. The highest BCUT2D eigenvalue weighted by atomic mass is 35.5. The van der Waals surface area contributed by atoms with E-state index in [0.717, 1.165) is 59.2 Å². The molecule has 4 aromatic carbocycles. The average molecular weight is 866 g/mol. The number of ether oxygens (including phenoxy) is 4. The van der Waals surface area contributed by atoms with E-state index in [4.69, 9.17) is 42.1 Å². The average Bonchev–Trinajstić information content (AvgIpc) is 3.78. The zero-order valence-corrected chi connectivity index (χ0v) is 35.3. The third kappa shape index (κ3) is 9.82. The van der Waals surface area contributed by atoms with Crippen LogP contribution in [0.5, 0.6) is 28.7 Å². The van der Waals surface area contributed by atoms with Gasteiger partial charge in [-0.1, -0.05) is 66.4 Å². The molecule has 3 heterocycles. The molecule has 1 fully saturated rings. The second-order valence-electron chi connectivity index (χ2n) is 15.7. The van der Waals surface area contributed by atoms with Crippen LogP contribution in [0.2, 0.25) is 10.0 Å². The summed E-state index contributed by atoms with van der Waals surface area (Å²) in [5, 5.41) is 17.1. The molecule has 1 saturated carbocycles. The number of rotatable bonds is 12. The second kappa shape index (κ2) is 18.3. The SMILES string of the molecule is Cc1nccc(Oc2ccc(CC(NC(=O)C3Cc4cc5c(cc4CN3C(=O)NC3CCCC3)OC(c3ccc(OCc4ccc(Cl)c(Cl)c4)cc3)CO5)C(=O)O)cc2)c1C. The van der Waals surface area contributed by atoms with Crippen LogP contribution in [0.3, 0.4) is 0 Å². The highest BCUT2D eigenvalue weighted by molar-refractivity contribution is 6.42. The number of hydrogen-bond acceptors (Lipinski definition) is 8. The summed E-state index contributed by atoms with van der Waals surface area (Å²) in [5.41, 5.74) is 5.90. The standard InChI is InChI=1S/C47H46Cl2N4O8/c1-27-28(2)50-18-17-41(27)60-36-12-7-29(8-13-36)20-39(46(55)56)52-45(54)40-21-32-22-42-43(23-33(32)24-53(40)47(57)51-34-5-3-4-6-34)61-44(26-59-42)31-10-14-35(15-11-31)58-25-30-9-16-37(48)38(49)19-30/h7-19,22-23,34,39-40,44H,3-6,20-21,24-26H2,1-2H3,(H,51,57)(H,52,54)(H,55,56). The van der Waals surface area contributed by atoms with Crippen LogP contribution in [0.1, 0.15) is 70.9 Å². The fourth-order valence-corrected chi connectivity index (χ4v) is 8.24. The molecule has 61 heavy (non-hydrogen) atoms. The van der Waals surface area contributed by atoms with Crippen LogP contribution in [0.15, 0.2) is 91.1 Å². The van der Waals surface area contributed by atoms with Crippen molar-refractivity contribution in [3.05, 3.63) is 140 Å². The van der Waals surface area contributed by atoms with Crippen molar-refractivity contribution < 1.29 is 38.4 Å². The lowest BCUT2D eigenvalue weighted by Crippen LogP contribution is -2.58. The fourth-order valence-electron chi connectivity index (χ4n) is 7.92. The van der Waals surface area contributed by atoms with Gasteiger partial charge in [-0.2, -0.15) is 0 Å². The summed E-state index contributed by atoms with van der Waals surface area (Å²) in [4.78, 5) is 46.4. The Morgan fingerprint density at radius 2 is 1.61 bits per heavy atom. The van der Waals surface area contributed by atoms with E-state index in [0.29, 0.717) is 51.0 Å². The number of aromatic nitrogens is 1. The fraction of sp³-hybridized carbons (Fsp3) is 0.319. The first-order valence-corrected chi connectivity index (χ1v) is 21.1. The molecule has 1 aromatic heterocycles. The van der Waals surface area contributed by atoms with Crippen molar-refractivity contribution in [3.8, 4) is 28.7 Å². The number of nitrogens with one attached hydrogen (secondary N) is 2. The molecule has 3 unspecified atom stereocenters. The van der Waals surface area contributed by atoms with Gasteiger partial charge in [0.2, 0.25) is 5.91 Å². The van der Waals surface area contributed by atoms with Crippen molar-refractivity contribution in [3.63, 3.8) is 0 Å². The lowest BCUT2D eigenvalue weighted by Gasteiger charge is -2.38. The molecular weight excluding hydrogens is 819 g/mol. The third-order valence-corrected chi connectivity index (χ3v) is 12.3. The van der Waals surface area contributed by atoms with Gasteiger partial charge in [0.1, 0.15) is 42.5 Å². The van der Waals surface area contributed by atoms with Crippen molar-refractivity contribution >= 4 is 41.1 Å². The van der Waals surface area contributed by atoms with Gasteiger partial charge in [-0.05, 0) is 109 Å². The molecular formula is C47H46Cl2N4O8. The van der Waals surface area contributed by atoms with Crippen molar-refractivity contribution in [1.29, 1.82) is 0 Å². The number of benzene rings is 4. The smallest absolute Gasteiger partial charge is 0.326 e. The first-order valence-electron chi connectivity index (χ1n) is 20.4. The number of nitrogens with zero attached hydrogens (tertiary/aromatic N) is 2. The van der Waals surface area contributed by atoms with E-state index >= 15 is 0 Å². The van der Waals surface area contributed by atoms with Crippen LogP contribution in [-0.4, -0.2) is 57.6 Å². The number of aryl methyl sites for hydroxylation is 1. The van der Waals surface area contributed by atoms with E-state index in [9.17, 15) is 19.5 Å². The Hall–Kier alpha value is -5.98. The molecule has 3 aliphatic rings. The van der Waals surface area contributed by atoms with E-state index in [1.807, 2.05) is 56.3 Å². The number of amides is 3. The molecule has 3 atom stereocenters. The minimum absolute atomic E-state index is 0.0107. The number of hydrogen-bond donors (Lipinski definition) is 3. The molecule has 0 saturated heterocycles. The van der Waals surface area contributed by atoms with Gasteiger partial charge in [-0.3, -0.25) is 9.78 Å². The molecule has 3 amide bonds. The first-order chi connectivity index (χ1) is 29.5. The molecule has 8 rings (SSSR count). The molecule has 0 spiro atoms. The predicted molar refractivity (Wildman–Crippen MR) is 230 cm³/mol. The molecule has 0 radical (unpaired) electrons. The van der Waals surface area contributed by atoms with Gasteiger partial charge in [0.15, 0.2) is 17.6 Å². The summed E-state index contributed by atoms with van der Waals surface area (Å²) in [5.74, 6) is 1.27. The summed E-state index contributed by atoms with van der Waals surface area (Å²) >= 11 is 12.2. The molecule has 1 aliphatic carbocycles. The van der Waals surface area contributed by atoms with E-state index in [1.165, 1.54) is 4.90 Å². The van der Waals surface area contributed by atoms with E-state index in [1.54, 1.807) is 48.7 Å². The lowest BCUT2D eigenvalue weighted by atomic mass is 9.92. The monoisotopic (exact) mass is 864 g/mol. The largest absolute Gasteiger partial charge is 0.489 e. The van der Waals surface area contributed by atoms with E-state index in [2.05, 4.69) is 15.6 Å². The maximum absolute atomic E-state index is 14.1. The maximum atomic E-state index is 14.1. The predicted octanol–water partition coefficient (Wildman–Crippen LogP) is 9.08. The summed E-state index contributed by atoms with van der Waals surface area (Å²) in [6.07, 6.45) is 5.25. The van der Waals surface area contributed by atoms with Crippen molar-refractivity contribution in [1.82, 2.24) is 20.5 Å². The summed E-state index contributed by atoms with van der Waals surface area (Å²) < 4.78 is 24.7. The minimum atomic E-state index is -1.24. The van der Waals surface area contributed by atoms with Gasteiger partial charge in [0.25, 0.3) is 0 Å². The quantitative estimate of drug-likeness (QED) is 0.112. The number of halogens is 2. The van der Waals surface area contributed by atoms with Crippen LogP contribution >= 0.6 is 23.2 Å². The van der Waals surface area contributed by atoms with Crippen molar-refractivity contribution in [2.45, 2.75) is 89.8 Å². The summed E-state index contributed by atoms with van der Waals surface area (Å²) in [7, 11) is 0. The Labute approximate surface area is 364 Å². The molecule has 5 aromatic rings. The van der Waals surface area contributed by atoms with Crippen LogP contribution in [0.4, 0.5) is 4.79 Å². The number of carboxylic acids is 1. The number of aliphatic carboxylic acids is 1. The molecule has 12 nitrogen and oxygen atoms in total. The zero-order chi connectivity index (χ0) is 42.6. The second-order valence-corrected chi connectivity index (χ2v) is 16.6. The van der Waals surface area contributed by atoms with E-state index < -0.39 is 30.1 Å². The Kier molecular flexibility index (Phi) is 12.5. The molecule has 316 valence electrons. The highest BCUT2D eigenvalue weighted by Gasteiger charge is 2.38. The first kappa shape index (κ1) is 41.7. The summed E-state index contributed by atoms with van der Waals surface area (Å²) in [6, 6.07) is 23.0. The van der Waals surface area contributed by atoms with Gasteiger partial charge in [-0.25, -0.2) is 9.59 Å². The maximum Gasteiger partial charge on any atom is 0.326 e. The highest BCUT2D eigenvalue weighted by Crippen LogP contribution is 2.41. The Balaban J connectivity index is 0.951. The van der Waals surface area contributed by atoms with Gasteiger partial charge in [-0.15, -0.1) is 0 Å². The van der Waals surface area contributed by atoms with Crippen molar-refractivity contribution in [2.75, 3.05) is 6.61 Å². The Bertz CT molecular complexity index is 2420. The van der Waals surface area contributed by atoms with Gasteiger partial charge in [0, 0.05) is 42.9 Å². The summed E-state index contributed by atoms with van der Waals surface area (Å²) in [6.45, 7) is 4.55. The Morgan fingerprint density at radius 1 is 0.885 bits per heavy atom. The van der Waals surface area contributed by atoms with Crippen molar-refractivity contribution in [2.24, 2.45) is 0 Å². The van der Waals surface area contributed by atoms with Gasteiger partial charge in [0.05, 0.1) is 10.0 Å². The Morgan fingerprint density at radius 3 is 2.34 bits per heavy atom. The normalized spacial score (nSPS) is 17.5. The molecule has 14 heteroatoms. The minimum Gasteiger partial charge on any atom is -0.489 e. The number of pyridine rings is 1. The van der Waals surface area contributed by atoms with E-state index in [-0.39, 0.29) is 38.1 Å². The third-order valence-electron chi connectivity index (χ3n) is 11.6. The van der Waals surface area contributed by atoms with Gasteiger partial charge >= 0.3 is 12.0 Å². The van der Waals surface area contributed by atoms with Crippen LogP contribution < -0.4 is 29.6 Å². The molecule has 3 N–H and O–H groups in total. The van der Waals surface area contributed by atoms with Crippen LogP contribution in [0.25, 0.3) is 0 Å². The van der Waals surface area contributed by atoms with Crippen LogP contribution in [0, 0.1) is 13.8 Å². The van der Waals surface area contributed by atoms with Crippen LogP contribution in [-0.2, 0) is 35.6 Å². The number of carboxylic acid groups (broad SMARTS) is 1. The number of carbonyl (C=O) groups excluding carboxylic acids is 2. The lowest BCUT2D eigenvalue weighted by molar-refractivity contribution is -0.142.